The van der Waals surface area contributed by atoms with Gasteiger partial charge in [0.2, 0.25) is 0 Å². The first kappa shape index (κ1) is 15.7. The summed E-state index contributed by atoms with van der Waals surface area (Å²) in [5, 5.41) is 0. The first-order chi connectivity index (χ1) is 9.66. The van der Waals surface area contributed by atoms with E-state index < -0.39 is 0 Å². The Labute approximate surface area is 130 Å². The van der Waals surface area contributed by atoms with E-state index in [9.17, 15) is 0 Å². The molecule has 0 fully saturated rings. The first-order valence-electron chi connectivity index (χ1n) is 7.72. The minimum absolute atomic E-state index is 0.215. The summed E-state index contributed by atoms with van der Waals surface area (Å²) in [6.07, 6.45) is 2.24. The summed E-state index contributed by atoms with van der Waals surface area (Å²) >= 11 is 0. The molecule has 0 aromatic heterocycles. The van der Waals surface area contributed by atoms with Crippen LogP contribution in [0.15, 0.2) is 48.5 Å². The summed E-state index contributed by atoms with van der Waals surface area (Å²) in [6, 6.07) is 17.8. The van der Waals surface area contributed by atoms with Crippen LogP contribution in [0.1, 0.15) is 63.8 Å². The molecule has 0 amide bonds. The van der Waals surface area contributed by atoms with Crippen LogP contribution in [0, 0.1) is 6.42 Å². The van der Waals surface area contributed by atoms with Crippen LogP contribution >= 0.6 is 0 Å². The van der Waals surface area contributed by atoms with Gasteiger partial charge in [0.1, 0.15) is 0 Å². The van der Waals surface area contributed by atoms with E-state index in [4.69, 9.17) is 0 Å². The molecule has 0 aliphatic rings. The molecule has 0 N–H and O–H groups in total. The molecule has 0 unspecified atom stereocenters. The van der Waals surface area contributed by atoms with E-state index >= 15 is 0 Å². The Bertz CT molecular complexity index is 516. The number of rotatable bonds is 2. The van der Waals surface area contributed by atoms with Crippen molar-refractivity contribution in [2.45, 2.75) is 52.4 Å². The molecule has 2 rings (SSSR count). The van der Waals surface area contributed by atoms with Crippen molar-refractivity contribution in [1.29, 1.82) is 0 Å². The molecular weight excluding hydrogens is 252 g/mol. The van der Waals surface area contributed by atoms with Crippen LogP contribution in [0.4, 0.5) is 0 Å². The molecule has 21 heavy (non-hydrogen) atoms. The molecular formula is C21H27+. The Balaban J connectivity index is 2.12. The average Bonchev–Trinajstić information content (AvgIpc) is 2.38. The van der Waals surface area contributed by atoms with E-state index in [0.717, 1.165) is 0 Å². The van der Waals surface area contributed by atoms with E-state index in [-0.39, 0.29) is 10.8 Å². The largest absolute Gasteiger partial charge is 0.0725 e. The number of hydrogen-bond donors (Lipinski definition) is 0. The van der Waals surface area contributed by atoms with Gasteiger partial charge in [0.15, 0.2) is 0 Å². The third-order valence-electron chi connectivity index (χ3n) is 3.89. The molecule has 0 spiro atoms. The van der Waals surface area contributed by atoms with Crippen LogP contribution in [0.2, 0.25) is 0 Å². The smallest absolute Gasteiger partial charge is 0.0560 e. The predicted molar refractivity (Wildman–Crippen MR) is 92.8 cm³/mol. The minimum atomic E-state index is 0.215. The first-order valence-corrected chi connectivity index (χ1v) is 7.72. The third-order valence-corrected chi connectivity index (χ3v) is 3.89. The Morgan fingerprint density at radius 2 is 0.810 bits per heavy atom. The van der Waals surface area contributed by atoms with E-state index in [1.54, 1.807) is 0 Å². The molecule has 0 aliphatic heterocycles. The highest BCUT2D eigenvalue weighted by molar-refractivity contribution is 5.40. The van der Waals surface area contributed by atoms with Gasteiger partial charge in [-0.25, -0.2) is 0 Å². The van der Waals surface area contributed by atoms with Crippen LogP contribution in [-0.4, -0.2) is 0 Å². The van der Waals surface area contributed by atoms with Gasteiger partial charge in [-0.3, -0.25) is 0 Å². The highest BCUT2D eigenvalue weighted by atomic mass is 14.2. The lowest BCUT2D eigenvalue weighted by Gasteiger charge is -2.18. The molecule has 110 valence electrons. The second-order valence-electron chi connectivity index (χ2n) is 7.89. The molecule has 0 nitrogen and oxygen atoms in total. The molecule has 2 aromatic carbocycles. The zero-order chi connectivity index (χ0) is 15.7. The average molecular weight is 279 g/mol. The molecule has 0 saturated carbocycles. The van der Waals surface area contributed by atoms with Crippen LogP contribution in [0.3, 0.4) is 0 Å². The lowest BCUT2D eigenvalue weighted by atomic mass is 9.85. The van der Waals surface area contributed by atoms with Crippen molar-refractivity contribution in [1.82, 2.24) is 0 Å². The third kappa shape index (κ3) is 4.14. The van der Waals surface area contributed by atoms with E-state index in [2.05, 4.69) is 96.5 Å². The minimum Gasteiger partial charge on any atom is -0.0560 e. The second-order valence-corrected chi connectivity index (χ2v) is 7.89. The fourth-order valence-corrected chi connectivity index (χ4v) is 2.35. The fourth-order valence-electron chi connectivity index (χ4n) is 2.35. The maximum absolute atomic E-state index is 2.25. The summed E-state index contributed by atoms with van der Waals surface area (Å²) in [5.74, 6) is 0. The van der Waals surface area contributed by atoms with Gasteiger partial charge in [0, 0.05) is 30.7 Å². The van der Waals surface area contributed by atoms with E-state index in [1.807, 2.05) is 0 Å². The maximum Gasteiger partial charge on any atom is 0.0725 e. The fraction of sp³-hybridized carbons (Fsp3) is 0.381. The van der Waals surface area contributed by atoms with Crippen molar-refractivity contribution in [3.8, 4) is 0 Å². The van der Waals surface area contributed by atoms with Crippen molar-refractivity contribution < 1.29 is 0 Å². The van der Waals surface area contributed by atoms with Crippen LogP contribution < -0.4 is 0 Å². The van der Waals surface area contributed by atoms with Gasteiger partial charge in [-0.15, -0.1) is 0 Å². The van der Waals surface area contributed by atoms with Crippen LogP contribution in [0.25, 0.3) is 0 Å². The maximum atomic E-state index is 2.25. The Morgan fingerprint density at radius 3 is 1.05 bits per heavy atom. The highest BCUT2D eigenvalue weighted by Gasteiger charge is 2.16. The van der Waals surface area contributed by atoms with Crippen molar-refractivity contribution in [3.05, 3.63) is 77.2 Å². The molecule has 0 atom stereocenters. The second kappa shape index (κ2) is 5.60. The zero-order valence-corrected chi connectivity index (χ0v) is 14.2. The molecule has 0 bridgehead atoms. The monoisotopic (exact) mass is 279 g/mol. The zero-order valence-electron chi connectivity index (χ0n) is 14.2. The molecule has 0 saturated heterocycles. The SMILES string of the molecule is CC(C)(C)c1ccc([CH+]c2ccc(C(C)(C)C)cc2)cc1. The van der Waals surface area contributed by atoms with Crippen molar-refractivity contribution in [2.75, 3.05) is 0 Å². The number of hydrogen-bond acceptors (Lipinski definition) is 0. The van der Waals surface area contributed by atoms with Gasteiger partial charge in [0.05, 0.1) is 11.1 Å². The standard InChI is InChI=1S/C21H27/c1-20(2,3)18-11-7-16(8-12-18)15-17-9-13-19(14-10-17)21(4,5)6/h7-15H,1-6H3/q+1. The van der Waals surface area contributed by atoms with E-state index in [0.29, 0.717) is 0 Å². The molecule has 0 radical (unpaired) electrons. The topological polar surface area (TPSA) is 0 Å². The Morgan fingerprint density at radius 1 is 0.524 bits per heavy atom. The van der Waals surface area contributed by atoms with Gasteiger partial charge in [-0.05, 0) is 46.2 Å². The van der Waals surface area contributed by atoms with Gasteiger partial charge in [-0.1, -0.05) is 41.5 Å². The van der Waals surface area contributed by atoms with Gasteiger partial charge >= 0.3 is 0 Å². The molecule has 0 heteroatoms. The number of benzene rings is 2. The predicted octanol–water partition coefficient (Wildman–Crippen LogP) is 5.88. The summed E-state index contributed by atoms with van der Waals surface area (Å²) in [6.45, 7) is 13.5. The summed E-state index contributed by atoms with van der Waals surface area (Å²) in [4.78, 5) is 0. The van der Waals surface area contributed by atoms with Gasteiger partial charge in [-0.2, -0.15) is 0 Å². The van der Waals surface area contributed by atoms with Crippen LogP contribution in [0.5, 0.6) is 0 Å². The van der Waals surface area contributed by atoms with E-state index in [1.165, 1.54) is 22.3 Å². The Hall–Kier alpha value is -1.69. The van der Waals surface area contributed by atoms with Crippen molar-refractivity contribution in [3.63, 3.8) is 0 Å². The quantitative estimate of drug-likeness (QED) is 0.602. The highest BCUT2D eigenvalue weighted by Crippen LogP contribution is 2.25. The summed E-state index contributed by atoms with van der Waals surface area (Å²) in [7, 11) is 0. The Kier molecular flexibility index (Phi) is 4.18. The molecule has 2 aromatic rings. The lowest BCUT2D eigenvalue weighted by molar-refractivity contribution is 0.590. The molecule has 0 aliphatic carbocycles. The molecule has 0 heterocycles. The van der Waals surface area contributed by atoms with Crippen molar-refractivity contribution in [2.24, 2.45) is 0 Å². The normalized spacial score (nSPS) is 12.3. The summed E-state index contributed by atoms with van der Waals surface area (Å²) in [5.41, 5.74) is 5.70. The van der Waals surface area contributed by atoms with Gasteiger partial charge in [0.25, 0.3) is 0 Å². The lowest BCUT2D eigenvalue weighted by Crippen LogP contribution is -2.11. The summed E-state index contributed by atoms with van der Waals surface area (Å²) < 4.78 is 0. The van der Waals surface area contributed by atoms with Crippen LogP contribution in [-0.2, 0) is 10.8 Å². The van der Waals surface area contributed by atoms with Crippen molar-refractivity contribution >= 4 is 0 Å². The van der Waals surface area contributed by atoms with Gasteiger partial charge < -0.3 is 0 Å².